The molecule has 0 amide bonds. The molecule has 4 rings (SSSR count). The Hall–Kier alpha value is -1.60. The molecule has 0 saturated heterocycles. The summed E-state index contributed by atoms with van der Waals surface area (Å²) in [6, 6.07) is 8.23. The van der Waals surface area contributed by atoms with E-state index in [1.165, 1.54) is 19.2 Å². The lowest BCUT2D eigenvalue weighted by Gasteiger charge is -1.96. The van der Waals surface area contributed by atoms with Crippen LogP contribution in [0.15, 0.2) is 35.0 Å². The Morgan fingerprint density at radius 3 is 1.62 bits per heavy atom. The van der Waals surface area contributed by atoms with E-state index in [0.29, 0.717) is 0 Å². The van der Waals surface area contributed by atoms with Crippen LogP contribution in [-0.4, -0.2) is 12.6 Å². The van der Waals surface area contributed by atoms with Gasteiger partial charge in [-0.3, -0.25) is 9.59 Å². The zero-order chi connectivity index (χ0) is 16.5. The number of carbonyl (C=O) groups excluding carboxylic acids is 2. The summed E-state index contributed by atoms with van der Waals surface area (Å²) < 4.78 is 2.58. The lowest BCUT2D eigenvalue weighted by atomic mass is 10.2. The number of fused-ring (bicyclic) bond motifs is 1. The maximum atomic E-state index is 11.0. The highest BCUT2D eigenvalue weighted by Gasteiger charge is 2.12. The Bertz CT molecular complexity index is 906. The van der Waals surface area contributed by atoms with E-state index in [-0.39, 0.29) is 0 Å². The zero-order valence-electron chi connectivity index (χ0n) is 12.5. The normalized spacial score (nSPS) is 11.2. The molecule has 0 fully saturated rings. The van der Waals surface area contributed by atoms with Crippen molar-refractivity contribution in [1.82, 2.24) is 0 Å². The van der Waals surface area contributed by atoms with Gasteiger partial charge in [0.05, 0.1) is 0 Å². The van der Waals surface area contributed by atoms with Crippen LogP contribution in [0.3, 0.4) is 0 Å². The van der Waals surface area contributed by atoms with Crippen molar-refractivity contribution >= 4 is 67.3 Å². The van der Waals surface area contributed by atoms with Crippen molar-refractivity contribution in [2.24, 2.45) is 0 Å². The summed E-state index contributed by atoms with van der Waals surface area (Å²) in [5, 5.41) is 3.94. The van der Waals surface area contributed by atoms with Crippen LogP contribution < -0.4 is 0 Å². The van der Waals surface area contributed by atoms with Gasteiger partial charge in [0.25, 0.3) is 0 Å². The van der Waals surface area contributed by atoms with Crippen molar-refractivity contribution in [1.29, 1.82) is 0 Å². The quantitative estimate of drug-likeness (QED) is 0.386. The first-order chi connectivity index (χ1) is 11.8. The molecule has 0 saturated carbocycles. The number of hydrogen-bond donors (Lipinski definition) is 0. The Morgan fingerprint density at radius 2 is 1.21 bits per heavy atom. The number of aldehydes is 2. The van der Waals surface area contributed by atoms with Gasteiger partial charge < -0.3 is 0 Å². The highest BCUT2D eigenvalue weighted by atomic mass is 32.1. The molecule has 4 heterocycles. The lowest BCUT2D eigenvalue weighted by molar-refractivity contribution is 0.111. The smallest absolute Gasteiger partial charge is 0.151 e. The van der Waals surface area contributed by atoms with Crippen molar-refractivity contribution < 1.29 is 9.59 Å². The van der Waals surface area contributed by atoms with Gasteiger partial charge in [-0.2, -0.15) is 0 Å². The summed E-state index contributed by atoms with van der Waals surface area (Å²) in [5.41, 5.74) is 1.60. The Balaban J connectivity index is 1.56. The molecule has 120 valence electrons. The fraction of sp³-hybridized carbons (Fsp3) is 0.111. The van der Waals surface area contributed by atoms with Gasteiger partial charge in [0.1, 0.15) is 0 Å². The van der Waals surface area contributed by atoms with Crippen LogP contribution in [0, 0.1) is 0 Å². The van der Waals surface area contributed by atoms with Crippen LogP contribution in [-0.2, 0) is 12.8 Å². The largest absolute Gasteiger partial charge is 0.298 e. The topological polar surface area (TPSA) is 34.1 Å². The molecule has 0 aliphatic carbocycles. The van der Waals surface area contributed by atoms with E-state index in [9.17, 15) is 9.59 Å². The van der Waals surface area contributed by atoms with E-state index in [2.05, 4.69) is 12.1 Å². The molecule has 4 aromatic heterocycles. The minimum absolute atomic E-state index is 0.802. The summed E-state index contributed by atoms with van der Waals surface area (Å²) >= 11 is 6.86. The second-order valence-electron chi connectivity index (χ2n) is 5.34. The fourth-order valence-electron chi connectivity index (χ4n) is 2.62. The van der Waals surface area contributed by atoms with Gasteiger partial charge in [-0.15, -0.1) is 45.3 Å². The average Bonchev–Trinajstić information content (AvgIpc) is 3.31. The third kappa shape index (κ3) is 3.02. The number of carbonyl (C=O) groups is 2. The zero-order valence-corrected chi connectivity index (χ0v) is 15.7. The van der Waals surface area contributed by atoms with Gasteiger partial charge in [0.2, 0.25) is 0 Å². The molecule has 0 N–H and O–H groups in total. The molecule has 6 heteroatoms. The van der Waals surface area contributed by atoms with Crippen LogP contribution in [0.4, 0.5) is 0 Å². The van der Waals surface area contributed by atoms with Crippen LogP contribution in [0.1, 0.15) is 40.2 Å². The molecule has 0 aromatic carbocycles. The summed E-state index contributed by atoms with van der Waals surface area (Å²) in [6.07, 6.45) is 3.53. The monoisotopic (exact) mass is 388 g/mol. The van der Waals surface area contributed by atoms with Crippen LogP contribution >= 0.6 is 45.3 Å². The Kier molecular flexibility index (Phi) is 4.45. The molecule has 4 aromatic rings. The third-order valence-electron chi connectivity index (χ3n) is 3.79. The minimum atomic E-state index is 0.802. The SMILES string of the molecule is O=Cc1ccsc1Cc1cc2sc(Cc3sccc3C=O)cc2s1. The molecular weight excluding hydrogens is 376 g/mol. The molecule has 2 nitrogen and oxygen atoms in total. The molecule has 0 aliphatic rings. The van der Waals surface area contributed by atoms with Crippen LogP contribution in [0.5, 0.6) is 0 Å². The predicted molar refractivity (Wildman–Crippen MR) is 105 cm³/mol. The predicted octanol–water partition coefficient (Wildman–Crippen LogP) is 5.89. The summed E-state index contributed by atoms with van der Waals surface area (Å²) in [6.45, 7) is 0. The highest BCUT2D eigenvalue weighted by Crippen LogP contribution is 2.36. The first kappa shape index (κ1) is 15.9. The number of hydrogen-bond acceptors (Lipinski definition) is 6. The van der Waals surface area contributed by atoms with Crippen molar-refractivity contribution in [2.45, 2.75) is 12.8 Å². The van der Waals surface area contributed by atoms with E-state index in [1.807, 2.05) is 22.9 Å². The molecule has 0 atom stereocenters. The minimum Gasteiger partial charge on any atom is -0.298 e. The summed E-state index contributed by atoms with van der Waals surface area (Å²) in [4.78, 5) is 26.9. The maximum absolute atomic E-state index is 11.0. The third-order valence-corrected chi connectivity index (χ3v) is 7.96. The highest BCUT2D eigenvalue weighted by molar-refractivity contribution is 7.28. The van der Waals surface area contributed by atoms with Gasteiger partial charge >= 0.3 is 0 Å². The molecule has 0 radical (unpaired) electrons. The summed E-state index contributed by atoms with van der Waals surface area (Å²) in [5.74, 6) is 0. The Labute approximate surface area is 155 Å². The molecule has 0 spiro atoms. The van der Waals surface area contributed by atoms with E-state index in [0.717, 1.165) is 46.3 Å². The van der Waals surface area contributed by atoms with Gasteiger partial charge in [0, 0.05) is 52.9 Å². The first-order valence-electron chi connectivity index (χ1n) is 7.31. The average molecular weight is 389 g/mol. The van der Waals surface area contributed by atoms with Gasteiger partial charge in [-0.05, 0) is 35.0 Å². The lowest BCUT2D eigenvalue weighted by Crippen LogP contribution is -1.86. The van der Waals surface area contributed by atoms with Gasteiger partial charge in [-0.1, -0.05) is 0 Å². The van der Waals surface area contributed by atoms with Crippen molar-refractivity contribution in [3.63, 3.8) is 0 Å². The second kappa shape index (κ2) is 6.72. The Morgan fingerprint density at radius 1 is 0.750 bits per heavy atom. The van der Waals surface area contributed by atoms with E-state index in [1.54, 1.807) is 45.3 Å². The van der Waals surface area contributed by atoms with Crippen molar-refractivity contribution in [2.75, 3.05) is 0 Å². The second-order valence-corrected chi connectivity index (χ2v) is 9.68. The van der Waals surface area contributed by atoms with Crippen molar-refractivity contribution in [3.05, 3.63) is 65.7 Å². The van der Waals surface area contributed by atoms with Gasteiger partial charge in [-0.25, -0.2) is 0 Å². The van der Waals surface area contributed by atoms with E-state index >= 15 is 0 Å². The standard InChI is InChI=1S/C18H12O2S4/c19-9-11-1-3-21-15(11)5-13-7-17-18(23-13)8-14(24-17)6-16-12(10-20)2-4-22-16/h1-4,7-10H,5-6H2. The van der Waals surface area contributed by atoms with E-state index in [4.69, 9.17) is 0 Å². The van der Waals surface area contributed by atoms with Gasteiger partial charge in [0.15, 0.2) is 12.6 Å². The maximum Gasteiger partial charge on any atom is 0.151 e. The van der Waals surface area contributed by atoms with E-state index < -0.39 is 0 Å². The first-order valence-corrected chi connectivity index (χ1v) is 10.7. The van der Waals surface area contributed by atoms with Crippen molar-refractivity contribution in [3.8, 4) is 0 Å². The molecule has 0 bridgehead atoms. The summed E-state index contributed by atoms with van der Waals surface area (Å²) in [7, 11) is 0. The van der Waals surface area contributed by atoms with Crippen LogP contribution in [0.25, 0.3) is 9.40 Å². The molecular formula is C18H12O2S4. The fourth-order valence-corrected chi connectivity index (χ4v) is 7.02. The number of rotatable bonds is 6. The molecule has 0 aliphatic heterocycles. The molecule has 24 heavy (non-hydrogen) atoms. The number of thiophene rings is 4. The van der Waals surface area contributed by atoms with Crippen LogP contribution in [0.2, 0.25) is 0 Å². The molecule has 0 unspecified atom stereocenters.